The minimum Gasteiger partial charge on any atom is -0.202 e. The molecule has 7 heteroatoms. The summed E-state index contributed by atoms with van der Waals surface area (Å²) < 4.78 is 43.1. The lowest BCUT2D eigenvalue weighted by Gasteiger charge is -2.01. The first-order chi connectivity index (χ1) is 5.55. The first-order valence-electron chi connectivity index (χ1n) is 2.97. The van der Waals surface area contributed by atoms with E-state index in [2.05, 4.69) is 0 Å². The van der Waals surface area contributed by atoms with Gasteiger partial charge >= 0.3 is 0 Å². The number of nitrogens with zero attached hydrogens (tertiary/aromatic N) is 1. The molecule has 1 aromatic rings. The average Bonchev–Trinajstić information content (AvgIpc) is 2.06. The summed E-state index contributed by atoms with van der Waals surface area (Å²) in [4.78, 5) is -0.421. The molecule has 0 aliphatic heterocycles. The first kappa shape index (κ1) is 12.3. The molecule has 0 saturated heterocycles. The average molecular weight is 230 g/mol. The summed E-state index contributed by atoms with van der Waals surface area (Å²) in [6, 6.07) is 6.48. The number of halogens is 3. The molecule has 0 fully saturated rings. The molecule has 0 saturated carbocycles. The third-order valence-electron chi connectivity index (χ3n) is 1.22. The van der Waals surface area contributed by atoms with E-state index >= 15 is 0 Å². The maximum absolute atomic E-state index is 11.7. The quantitative estimate of drug-likeness (QED) is 0.726. The van der Waals surface area contributed by atoms with Gasteiger partial charge in [-0.15, -0.1) is 12.4 Å². The Kier molecular flexibility index (Phi) is 4.25. The molecule has 0 atom stereocenters. The summed E-state index contributed by atoms with van der Waals surface area (Å²) >= 11 is 0. The molecule has 1 rings (SSSR count). The Morgan fingerprint density at radius 2 is 1.54 bits per heavy atom. The number of sulfonamides is 1. The number of rotatable bonds is 2. The molecule has 13 heavy (non-hydrogen) atoms. The van der Waals surface area contributed by atoms with Crippen LogP contribution in [0.1, 0.15) is 0 Å². The second kappa shape index (κ2) is 4.50. The summed E-state index contributed by atoms with van der Waals surface area (Å²) in [5.41, 5.74) is 0. The van der Waals surface area contributed by atoms with Crippen LogP contribution in [-0.4, -0.2) is 13.2 Å². The molecule has 1 aromatic carbocycles. The maximum Gasteiger partial charge on any atom is 0.297 e. The van der Waals surface area contributed by atoms with Gasteiger partial charge in [-0.3, -0.25) is 0 Å². The topological polar surface area (TPSA) is 37.4 Å². The van der Waals surface area contributed by atoms with E-state index in [1.54, 1.807) is 6.07 Å². The maximum atomic E-state index is 11.7. The fourth-order valence-corrected chi connectivity index (χ4v) is 1.33. The lowest BCUT2D eigenvalue weighted by Crippen LogP contribution is -2.14. The zero-order chi connectivity index (χ0) is 9.19. The number of hydrogen-bond donors (Lipinski definition) is 0. The predicted molar refractivity (Wildman–Crippen MR) is 44.9 cm³/mol. The Hall–Kier alpha value is -0.720. The summed E-state index contributed by atoms with van der Waals surface area (Å²) in [5.74, 6) is 0. The van der Waals surface area contributed by atoms with Crippen LogP contribution in [0, 0.1) is 0 Å². The molecule has 0 spiro atoms. The molecular weight excluding hydrogens is 224 g/mol. The van der Waals surface area contributed by atoms with Crippen LogP contribution in [-0.2, 0) is 10.0 Å². The van der Waals surface area contributed by atoms with Crippen molar-refractivity contribution in [2.45, 2.75) is 4.90 Å². The van der Waals surface area contributed by atoms with Crippen LogP contribution in [0.5, 0.6) is 0 Å². The SMILES string of the molecule is Cl.O=S(=O)(c1ccccc1)N(F)F. The van der Waals surface area contributed by atoms with E-state index in [0.717, 1.165) is 12.1 Å². The molecule has 0 heterocycles. The van der Waals surface area contributed by atoms with E-state index < -0.39 is 19.7 Å². The van der Waals surface area contributed by atoms with E-state index in [1.807, 2.05) is 0 Å². The Morgan fingerprint density at radius 3 is 1.92 bits per heavy atom. The summed E-state index contributed by atoms with van der Waals surface area (Å²) in [6.07, 6.45) is 0. The van der Waals surface area contributed by atoms with Gasteiger partial charge < -0.3 is 0 Å². The first-order valence-corrected chi connectivity index (χ1v) is 4.41. The molecule has 0 aliphatic carbocycles. The molecule has 0 bridgehead atoms. The van der Waals surface area contributed by atoms with Gasteiger partial charge in [-0.2, -0.15) is 0 Å². The molecule has 0 aliphatic rings. The van der Waals surface area contributed by atoms with Crippen molar-refractivity contribution in [1.82, 2.24) is 4.75 Å². The third kappa shape index (κ3) is 2.61. The fourth-order valence-electron chi connectivity index (χ4n) is 0.672. The van der Waals surface area contributed by atoms with Gasteiger partial charge in [0.1, 0.15) is 4.75 Å². The number of hydrogen-bond acceptors (Lipinski definition) is 2. The van der Waals surface area contributed by atoms with Crippen molar-refractivity contribution in [1.29, 1.82) is 0 Å². The normalized spacial score (nSPS) is 11.0. The van der Waals surface area contributed by atoms with Crippen molar-refractivity contribution < 1.29 is 17.4 Å². The van der Waals surface area contributed by atoms with Crippen LogP contribution in [0.25, 0.3) is 0 Å². The zero-order valence-corrected chi connectivity index (χ0v) is 7.86. The van der Waals surface area contributed by atoms with Crippen LogP contribution in [0.15, 0.2) is 35.2 Å². The van der Waals surface area contributed by atoms with Gasteiger partial charge in [-0.05, 0) is 12.1 Å². The molecule has 0 unspecified atom stereocenters. The van der Waals surface area contributed by atoms with E-state index in [-0.39, 0.29) is 12.4 Å². The molecule has 0 radical (unpaired) electrons. The van der Waals surface area contributed by atoms with E-state index in [0.29, 0.717) is 0 Å². The molecular formula is C6H6ClF2NO2S. The van der Waals surface area contributed by atoms with Crippen molar-refractivity contribution in [3.8, 4) is 0 Å². The Morgan fingerprint density at radius 1 is 1.08 bits per heavy atom. The summed E-state index contributed by atoms with van der Waals surface area (Å²) in [5, 5.41) is 0. The molecule has 74 valence electrons. The lowest BCUT2D eigenvalue weighted by molar-refractivity contribution is -0.0538. The molecule has 0 aromatic heterocycles. The van der Waals surface area contributed by atoms with Crippen molar-refractivity contribution in [3.05, 3.63) is 30.3 Å². The highest BCUT2D eigenvalue weighted by atomic mass is 35.5. The Labute approximate surface area is 80.3 Å². The highest BCUT2D eigenvalue weighted by molar-refractivity contribution is 7.88. The molecule has 3 nitrogen and oxygen atoms in total. The number of benzene rings is 1. The fraction of sp³-hybridized carbons (Fsp3) is 0. The minimum atomic E-state index is -4.58. The Bertz CT molecular complexity index is 354. The van der Waals surface area contributed by atoms with Gasteiger partial charge in [0, 0.05) is 0 Å². The van der Waals surface area contributed by atoms with Crippen molar-refractivity contribution in [2.24, 2.45) is 0 Å². The van der Waals surface area contributed by atoms with Gasteiger partial charge in [0.15, 0.2) is 0 Å². The zero-order valence-electron chi connectivity index (χ0n) is 6.22. The van der Waals surface area contributed by atoms with Crippen molar-refractivity contribution >= 4 is 22.4 Å². The lowest BCUT2D eigenvalue weighted by atomic mass is 10.4. The second-order valence-electron chi connectivity index (χ2n) is 1.99. The largest absolute Gasteiger partial charge is 0.297 e. The van der Waals surface area contributed by atoms with Gasteiger partial charge in [0.05, 0.1) is 4.90 Å². The standard InChI is InChI=1S/C6H5F2NO2S.ClH/c7-9(8)12(10,11)6-4-2-1-3-5-6;/h1-5H;1H. The minimum absolute atomic E-state index is 0. The van der Waals surface area contributed by atoms with Crippen molar-refractivity contribution in [3.63, 3.8) is 0 Å². The van der Waals surface area contributed by atoms with E-state index in [4.69, 9.17) is 0 Å². The van der Waals surface area contributed by atoms with Crippen LogP contribution < -0.4 is 0 Å². The van der Waals surface area contributed by atoms with Crippen LogP contribution in [0.4, 0.5) is 8.96 Å². The Balaban J connectivity index is 0.00000144. The van der Waals surface area contributed by atoms with Gasteiger partial charge in [0.25, 0.3) is 10.0 Å². The van der Waals surface area contributed by atoms with Crippen LogP contribution in [0.2, 0.25) is 0 Å². The highest BCUT2D eigenvalue weighted by Crippen LogP contribution is 2.14. The van der Waals surface area contributed by atoms with E-state index in [9.17, 15) is 17.4 Å². The highest BCUT2D eigenvalue weighted by Gasteiger charge is 2.23. The van der Waals surface area contributed by atoms with Gasteiger partial charge in [0.2, 0.25) is 0 Å². The summed E-state index contributed by atoms with van der Waals surface area (Å²) in [6.45, 7) is 0. The van der Waals surface area contributed by atoms with Gasteiger partial charge in [-0.1, -0.05) is 27.2 Å². The molecule has 0 N–H and O–H groups in total. The monoisotopic (exact) mass is 229 g/mol. The summed E-state index contributed by atoms with van der Waals surface area (Å²) in [7, 11) is -4.58. The predicted octanol–water partition coefficient (Wildman–Crippen LogP) is 1.87. The van der Waals surface area contributed by atoms with E-state index in [1.165, 1.54) is 12.1 Å². The van der Waals surface area contributed by atoms with Crippen LogP contribution in [0.3, 0.4) is 0 Å². The second-order valence-corrected chi connectivity index (χ2v) is 3.69. The van der Waals surface area contributed by atoms with Gasteiger partial charge in [-0.25, -0.2) is 8.42 Å². The van der Waals surface area contributed by atoms with Crippen molar-refractivity contribution in [2.75, 3.05) is 0 Å². The third-order valence-corrected chi connectivity index (χ3v) is 2.45. The smallest absolute Gasteiger partial charge is 0.202 e. The molecule has 0 amide bonds. The van der Waals surface area contributed by atoms with Crippen LogP contribution >= 0.6 is 12.4 Å².